The zero-order valence-electron chi connectivity index (χ0n) is 15.6. The highest BCUT2D eigenvalue weighted by Crippen LogP contribution is 2.28. The topological polar surface area (TPSA) is 94.2 Å². The number of rotatable bonds is 4. The average Bonchev–Trinajstić information content (AvgIpc) is 3.30. The lowest BCUT2D eigenvalue weighted by molar-refractivity contribution is 0.0749. The summed E-state index contributed by atoms with van der Waals surface area (Å²) in [6, 6.07) is 10.8. The van der Waals surface area contributed by atoms with E-state index in [9.17, 15) is 9.59 Å². The summed E-state index contributed by atoms with van der Waals surface area (Å²) in [5.41, 5.74) is 3.75. The summed E-state index contributed by atoms with van der Waals surface area (Å²) in [6.07, 6.45) is 3.18. The summed E-state index contributed by atoms with van der Waals surface area (Å²) in [7, 11) is 3.89. The van der Waals surface area contributed by atoms with Crippen molar-refractivity contribution in [3.63, 3.8) is 0 Å². The fourth-order valence-corrected chi connectivity index (χ4v) is 3.15. The van der Waals surface area contributed by atoms with Crippen LogP contribution in [0.4, 0.5) is 11.5 Å². The quantitative estimate of drug-likeness (QED) is 0.729. The number of nitrogens with one attached hydrogen (secondary N) is 2. The van der Waals surface area contributed by atoms with Gasteiger partial charge in [-0.05, 0) is 36.4 Å². The molecule has 8 heteroatoms. The molecule has 4 rings (SSSR count). The van der Waals surface area contributed by atoms with Crippen molar-refractivity contribution in [1.82, 2.24) is 20.1 Å². The van der Waals surface area contributed by atoms with Crippen LogP contribution >= 0.6 is 0 Å². The third-order valence-electron chi connectivity index (χ3n) is 4.72. The number of anilines is 2. The monoisotopic (exact) mass is 376 g/mol. The molecule has 0 aliphatic carbocycles. The summed E-state index contributed by atoms with van der Waals surface area (Å²) in [5.74, 6) is 0.115. The minimum atomic E-state index is -0.239. The molecule has 1 aliphatic heterocycles. The molecule has 0 atom stereocenters. The number of carbonyl (C=O) groups is 2. The van der Waals surface area contributed by atoms with E-state index in [4.69, 9.17) is 0 Å². The van der Waals surface area contributed by atoms with Gasteiger partial charge in [0, 0.05) is 43.3 Å². The molecule has 3 heterocycles. The van der Waals surface area contributed by atoms with Crippen molar-refractivity contribution < 1.29 is 9.59 Å². The van der Waals surface area contributed by atoms with E-state index in [0.29, 0.717) is 30.0 Å². The summed E-state index contributed by atoms with van der Waals surface area (Å²) in [5, 5.41) is 9.96. The highest BCUT2D eigenvalue weighted by Gasteiger charge is 2.29. The van der Waals surface area contributed by atoms with Gasteiger partial charge >= 0.3 is 0 Å². The van der Waals surface area contributed by atoms with E-state index >= 15 is 0 Å². The molecule has 2 amide bonds. The van der Waals surface area contributed by atoms with Gasteiger partial charge in [-0.15, -0.1) is 0 Å². The smallest absolute Gasteiger partial charge is 0.256 e. The number of amides is 2. The number of pyridine rings is 1. The van der Waals surface area contributed by atoms with E-state index < -0.39 is 0 Å². The highest BCUT2D eigenvalue weighted by molar-refractivity contribution is 6.04. The molecule has 8 nitrogen and oxygen atoms in total. The van der Waals surface area contributed by atoms with Crippen LogP contribution in [0.15, 0.2) is 48.8 Å². The van der Waals surface area contributed by atoms with Crippen LogP contribution in [-0.4, -0.2) is 46.0 Å². The lowest BCUT2D eigenvalue weighted by Gasteiger charge is -2.15. The Morgan fingerprint density at radius 1 is 1.11 bits per heavy atom. The summed E-state index contributed by atoms with van der Waals surface area (Å²) >= 11 is 0. The number of hydrogen-bond donors (Lipinski definition) is 2. The molecule has 1 aromatic carbocycles. The summed E-state index contributed by atoms with van der Waals surface area (Å²) in [4.78, 5) is 32.8. The first kappa shape index (κ1) is 17.7. The lowest BCUT2D eigenvalue weighted by atomic mass is 10.2. The van der Waals surface area contributed by atoms with Crippen molar-refractivity contribution in [2.45, 2.75) is 13.1 Å². The Bertz CT molecular complexity index is 1010. The molecule has 0 fully saturated rings. The second-order valence-corrected chi connectivity index (χ2v) is 6.83. The van der Waals surface area contributed by atoms with E-state index in [-0.39, 0.29) is 11.8 Å². The van der Waals surface area contributed by atoms with E-state index in [1.165, 1.54) is 0 Å². The molecular formula is C20H20N6O2. The third-order valence-corrected chi connectivity index (χ3v) is 4.72. The molecule has 142 valence electrons. The summed E-state index contributed by atoms with van der Waals surface area (Å²) < 4.78 is 0. The second kappa shape index (κ2) is 7.15. The Morgan fingerprint density at radius 3 is 2.57 bits per heavy atom. The van der Waals surface area contributed by atoms with Crippen molar-refractivity contribution in [3.8, 4) is 0 Å². The maximum Gasteiger partial charge on any atom is 0.256 e. The van der Waals surface area contributed by atoms with Gasteiger partial charge in [0.1, 0.15) is 0 Å². The van der Waals surface area contributed by atoms with Gasteiger partial charge in [-0.3, -0.25) is 19.7 Å². The first-order valence-electron chi connectivity index (χ1n) is 8.87. The van der Waals surface area contributed by atoms with Crippen molar-refractivity contribution in [1.29, 1.82) is 0 Å². The molecule has 0 bridgehead atoms. The van der Waals surface area contributed by atoms with Gasteiger partial charge in [0.25, 0.3) is 11.8 Å². The number of fused-ring (bicyclic) bond motifs is 1. The summed E-state index contributed by atoms with van der Waals surface area (Å²) in [6.45, 7) is 0.804. The Kier molecular flexibility index (Phi) is 4.52. The van der Waals surface area contributed by atoms with Crippen molar-refractivity contribution >= 4 is 23.3 Å². The molecule has 0 spiro atoms. The number of nitrogens with zero attached hydrogens (tertiary/aromatic N) is 4. The van der Waals surface area contributed by atoms with E-state index in [0.717, 1.165) is 16.9 Å². The van der Waals surface area contributed by atoms with Gasteiger partial charge in [0.15, 0.2) is 5.82 Å². The van der Waals surface area contributed by atoms with Crippen LogP contribution in [0.1, 0.15) is 32.0 Å². The lowest BCUT2D eigenvalue weighted by Crippen LogP contribution is -2.26. The van der Waals surface area contributed by atoms with Gasteiger partial charge < -0.3 is 15.1 Å². The largest absolute Gasteiger partial charge is 0.378 e. The molecule has 0 radical (unpaired) electrons. The Labute approximate surface area is 162 Å². The average molecular weight is 376 g/mol. The van der Waals surface area contributed by atoms with Crippen LogP contribution in [-0.2, 0) is 13.1 Å². The fourth-order valence-electron chi connectivity index (χ4n) is 3.15. The van der Waals surface area contributed by atoms with Crippen LogP contribution in [0.25, 0.3) is 0 Å². The fraction of sp³-hybridized carbons (Fsp3) is 0.200. The maximum absolute atomic E-state index is 12.6. The van der Waals surface area contributed by atoms with Crippen LogP contribution in [0.2, 0.25) is 0 Å². The van der Waals surface area contributed by atoms with Crippen LogP contribution < -0.4 is 10.2 Å². The predicted octanol–water partition coefficient (Wildman–Crippen LogP) is 2.28. The molecule has 2 N–H and O–H groups in total. The number of aromatic nitrogens is 3. The molecule has 0 saturated heterocycles. The number of benzene rings is 1. The zero-order chi connectivity index (χ0) is 19.7. The van der Waals surface area contributed by atoms with Crippen LogP contribution in [0.5, 0.6) is 0 Å². The van der Waals surface area contributed by atoms with E-state index in [2.05, 4.69) is 20.5 Å². The molecule has 0 unspecified atom stereocenters. The number of aromatic amines is 1. The Hall–Kier alpha value is -3.68. The van der Waals surface area contributed by atoms with Gasteiger partial charge in [-0.1, -0.05) is 0 Å². The van der Waals surface area contributed by atoms with Crippen molar-refractivity contribution in [2.75, 3.05) is 24.3 Å². The van der Waals surface area contributed by atoms with Gasteiger partial charge in [0.2, 0.25) is 0 Å². The van der Waals surface area contributed by atoms with Crippen molar-refractivity contribution in [2.24, 2.45) is 0 Å². The number of H-pyrrole nitrogens is 1. The first-order valence-corrected chi connectivity index (χ1v) is 8.87. The van der Waals surface area contributed by atoms with Gasteiger partial charge in [-0.2, -0.15) is 5.10 Å². The molecule has 28 heavy (non-hydrogen) atoms. The SMILES string of the molecule is CN(C)c1ccc(C(=O)Nc2n[nH]c3c2CN(C(=O)c2cccnc2)C3)cc1. The Balaban J connectivity index is 1.47. The molecule has 3 aromatic rings. The van der Waals surface area contributed by atoms with Crippen LogP contribution in [0, 0.1) is 0 Å². The van der Waals surface area contributed by atoms with Crippen LogP contribution in [0.3, 0.4) is 0 Å². The normalized spacial score (nSPS) is 12.6. The molecule has 0 saturated carbocycles. The highest BCUT2D eigenvalue weighted by atomic mass is 16.2. The molecule has 2 aromatic heterocycles. The molecule has 1 aliphatic rings. The first-order chi connectivity index (χ1) is 13.5. The van der Waals surface area contributed by atoms with E-state index in [1.807, 2.05) is 31.1 Å². The van der Waals surface area contributed by atoms with Crippen molar-refractivity contribution in [3.05, 3.63) is 71.2 Å². The maximum atomic E-state index is 12.6. The third kappa shape index (κ3) is 3.32. The number of hydrogen-bond acceptors (Lipinski definition) is 5. The van der Waals surface area contributed by atoms with Gasteiger partial charge in [0.05, 0.1) is 24.3 Å². The van der Waals surface area contributed by atoms with Gasteiger partial charge in [-0.25, -0.2) is 0 Å². The second-order valence-electron chi connectivity index (χ2n) is 6.83. The minimum absolute atomic E-state index is 0.103. The standard InChI is InChI=1S/C20H20N6O2/c1-25(2)15-7-5-13(6-8-15)19(27)22-18-16-11-26(12-17(16)23-24-18)20(28)14-4-3-9-21-10-14/h3-10H,11-12H2,1-2H3,(H2,22,23,24,27). The zero-order valence-corrected chi connectivity index (χ0v) is 15.6. The molecular weight excluding hydrogens is 356 g/mol. The predicted molar refractivity (Wildman–Crippen MR) is 105 cm³/mol. The van der Waals surface area contributed by atoms with E-state index in [1.54, 1.807) is 41.6 Å². The Morgan fingerprint density at radius 2 is 1.89 bits per heavy atom. The number of carbonyl (C=O) groups excluding carboxylic acids is 2. The minimum Gasteiger partial charge on any atom is -0.378 e.